The first kappa shape index (κ1) is 14.7. The van der Waals surface area contributed by atoms with E-state index in [1.165, 1.54) is 34.7 Å². The second-order valence-corrected chi connectivity index (χ2v) is 4.73. The fourth-order valence-electron chi connectivity index (χ4n) is 2.65. The number of hydrogen-bond acceptors (Lipinski definition) is 7. The van der Waals surface area contributed by atoms with Crippen molar-refractivity contribution in [2.45, 2.75) is 12.4 Å². The Morgan fingerprint density at radius 1 is 1.09 bits per heavy atom. The molecule has 2 heterocycles. The molecule has 7 nitrogen and oxygen atoms in total. The highest BCUT2D eigenvalue weighted by Gasteiger charge is 2.45. The molecule has 3 rings (SSSR count). The standard InChI is InChI=1S/C15H16O7/c1-17-11-8-5-6-21-12(8)14(18-2)13-10(11)9(16)7-15(19-3,20-4)22-13/h5-6H,7H2,1-4H3. The van der Waals surface area contributed by atoms with Gasteiger partial charge >= 0.3 is 5.97 Å². The van der Waals surface area contributed by atoms with Crippen LogP contribution < -0.4 is 14.2 Å². The van der Waals surface area contributed by atoms with Gasteiger partial charge in [0.15, 0.2) is 17.1 Å². The molecule has 0 fully saturated rings. The summed E-state index contributed by atoms with van der Waals surface area (Å²) in [5, 5.41) is 0.636. The van der Waals surface area contributed by atoms with Gasteiger partial charge in [0.05, 0.1) is 25.9 Å². The molecule has 2 aromatic rings. The smallest absolute Gasteiger partial charge is 0.334 e. The van der Waals surface area contributed by atoms with Gasteiger partial charge in [0.25, 0.3) is 0 Å². The number of furan rings is 1. The van der Waals surface area contributed by atoms with Crippen LogP contribution in [0.15, 0.2) is 16.7 Å². The molecule has 0 saturated heterocycles. The van der Waals surface area contributed by atoms with Crippen molar-refractivity contribution in [1.82, 2.24) is 0 Å². The summed E-state index contributed by atoms with van der Waals surface area (Å²) in [6, 6.07) is 1.71. The molecule has 0 amide bonds. The fraction of sp³-hybridized carbons (Fsp3) is 0.400. The van der Waals surface area contributed by atoms with Gasteiger partial charge in [0.2, 0.25) is 5.75 Å². The lowest BCUT2D eigenvalue weighted by molar-refractivity contribution is -0.320. The third-order valence-electron chi connectivity index (χ3n) is 3.72. The summed E-state index contributed by atoms with van der Waals surface area (Å²) in [6.07, 6.45) is 1.39. The average Bonchev–Trinajstić information content (AvgIpc) is 3.01. The average molecular weight is 308 g/mol. The predicted molar refractivity (Wildman–Crippen MR) is 75.6 cm³/mol. The zero-order chi connectivity index (χ0) is 15.9. The maximum atomic E-state index is 12.6. The van der Waals surface area contributed by atoms with Gasteiger partial charge in [-0.15, -0.1) is 0 Å². The van der Waals surface area contributed by atoms with Crippen molar-refractivity contribution in [3.05, 3.63) is 17.9 Å². The van der Waals surface area contributed by atoms with Gasteiger partial charge < -0.3 is 28.1 Å². The number of carbonyl (C=O) groups excluding carboxylic acids is 1. The van der Waals surface area contributed by atoms with Gasteiger partial charge in [-0.05, 0) is 6.07 Å². The SMILES string of the molecule is COc1c2c(c(OC)c3occc13)OC(OC)(OC)CC2=O. The fourth-order valence-corrected chi connectivity index (χ4v) is 2.65. The summed E-state index contributed by atoms with van der Waals surface area (Å²) in [6.45, 7) is 0. The third-order valence-corrected chi connectivity index (χ3v) is 3.72. The first-order chi connectivity index (χ1) is 10.6. The number of benzene rings is 1. The minimum Gasteiger partial charge on any atom is -0.495 e. The van der Waals surface area contributed by atoms with Crippen LogP contribution in [-0.2, 0) is 9.47 Å². The number of methoxy groups -OCH3 is 4. The molecule has 22 heavy (non-hydrogen) atoms. The lowest BCUT2D eigenvalue weighted by atomic mass is 9.98. The number of ether oxygens (including phenoxy) is 5. The summed E-state index contributed by atoms with van der Waals surface area (Å²) < 4.78 is 32.5. The normalized spacial score (nSPS) is 16.3. The topological polar surface area (TPSA) is 76.4 Å². The van der Waals surface area contributed by atoms with E-state index in [0.29, 0.717) is 22.5 Å². The molecule has 1 aliphatic heterocycles. The molecule has 7 heteroatoms. The predicted octanol–water partition coefficient (Wildman–Crippen LogP) is 2.36. The van der Waals surface area contributed by atoms with E-state index >= 15 is 0 Å². The van der Waals surface area contributed by atoms with E-state index in [0.717, 1.165) is 0 Å². The quantitative estimate of drug-likeness (QED) is 0.802. The van der Waals surface area contributed by atoms with E-state index in [-0.39, 0.29) is 23.5 Å². The Morgan fingerprint density at radius 2 is 1.77 bits per heavy atom. The lowest BCUT2D eigenvalue weighted by Crippen LogP contribution is -2.45. The molecule has 118 valence electrons. The van der Waals surface area contributed by atoms with Crippen molar-refractivity contribution in [2.24, 2.45) is 0 Å². The van der Waals surface area contributed by atoms with Gasteiger partial charge in [-0.2, -0.15) is 0 Å². The number of Topliss-reactive ketones (excluding diaryl/α,β-unsaturated/α-hetero) is 1. The van der Waals surface area contributed by atoms with E-state index in [2.05, 4.69) is 0 Å². The van der Waals surface area contributed by atoms with Crippen molar-refractivity contribution < 1.29 is 32.9 Å². The van der Waals surface area contributed by atoms with E-state index in [4.69, 9.17) is 28.1 Å². The van der Waals surface area contributed by atoms with E-state index in [9.17, 15) is 4.79 Å². The molecule has 1 aliphatic rings. The molecule has 1 aromatic carbocycles. The number of rotatable bonds is 4. The summed E-state index contributed by atoms with van der Waals surface area (Å²) in [4.78, 5) is 12.6. The molecular weight excluding hydrogens is 292 g/mol. The summed E-state index contributed by atoms with van der Waals surface area (Å²) in [5.74, 6) is -0.875. The van der Waals surface area contributed by atoms with Crippen LogP contribution in [0.4, 0.5) is 0 Å². The minimum absolute atomic E-state index is 0.101. The van der Waals surface area contributed by atoms with E-state index in [1.54, 1.807) is 6.07 Å². The minimum atomic E-state index is -1.50. The zero-order valence-electron chi connectivity index (χ0n) is 12.7. The van der Waals surface area contributed by atoms with Crippen LogP contribution in [0.1, 0.15) is 16.8 Å². The molecule has 0 atom stereocenters. The third kappa shape index (κ3) is 1.86. The van der Waals surface area contributed by atoms with Crippen molar-refractivity contribution in [3.63, 3.8) is 0 Å². The maximum Gasteiger partial charge on any atom is 0.334 e. The van der Waals surface area contributed by atoms with Crippen LogP contribution in [0.5, 0.6) is 17.2 Å². The largest absolute Gasteiger partial charge is 0.495 e. The number of fused-ring (bicyclic) bond motifs is 2. The lowest BCUT2D eigenvalue weighted by Gasteiger charge is -2.35. The molecule has 0 N–H and O–H groups in total. The van der Waals surface area contributed by atoms with E-state index in [1.807, 2.05) is 0 Å². The Morgan fingerprint density at radius 3 is 2.36 bits per heavy atom. The molecule has 0 unspecified atom stereocenters. The molecule has 0 bridgehead atoms. The van der Waals surface area contributed by atoms with Crippen LogP contribution in [0.2, 0.25) is 0 Å². The molecular formula is C15H16O7. The van der Waals surface area contributed by atoms with Crippen molar-refractivity contribution in [1.29, 1.82) is 0 Å². The second-order valence-electron chi connectivity index (χ2n) is 4.73. The summed E-state index contributed by atoms with van der Waals surface area (Å²) in [5.41, 5.74) is 0.715. The summed E-state index contributed by atoms with van der Waals surface area (Å²) >= 11 is 0. The number of hydrogen-bond donors (Lipinski definition) is 0. The molecule has 0 spiro atoms. The van der Waals surface area contributed by atoms with Crippen LogP contribution in [0.25, 0.3) is 11.0 Å². The molecule has 0 saturated carbocycles. The Labute approximate surface area is 126 Å². The second kappa shape index (κ2) is 5.19. The van der Waals surface area contributed by atoms with Crippen LogP contribution in [0, 0.1) is 0 Å². The van der Waals surface area contributed by atoms with Gasteiger partial charge in [0, 0.05) is 14.2 Å². The summed E-state index contributed by atoms with van der Waals surface area (Å²) in [7, 11) is 5.75. The van der Waals surface area contributed by atoms with Gasteiger partial charge in [-0.3, -0.25) is 4.79 Å². The number of ketones is 1. The maximum absolute atomic E-state index is 12.6. The van der Waals surface area contributed by atoms with Crippen LogP contribution in [-0.4, -0.2) is 40.2 Å². The molecule has 1 aromatic heterocycles. The first-order valence-electron chi connectivity index (χ1n) is 6.58. The first-order valence-corrected chi connectivity index (χ1v) is 6.58. The Balaban J connectivity index is 2.35. The van der Waals surface area contributed by atoms with Gasteiger partial charge in [-0.1, -0.05) is 0 Å². The Bertz CT molecular complexity index is 727. The Kier molecular flexibility index (Phi) is 3.46. The van der Waals surface area contributed by atoms with Crippen molar-refractivity contribution >= 4 is 16.8 Å². The van der Waals surface area contributed by atoms with Crippen molar-refractivity contribution in [3.8, 4) is 17.2 Å². The van der Waals surface area contributed by atoms with Gasteiger partial charge in [-0.25, -0.2) is 0 Å². The highest BCUT2D eigenvalue weighted by molar-refractivity contribution is 6.10. The van der Waals surface area contributed by atoms with Gasteiger partial charge in [0.1, 0.15) is 17.7 Å². The monoisotopic (exact) mass is 308 g/mol. The Hall–Kier alpha value is -2.25. The zero-order valence-corrected chi connectivity index (χ0v) is 12.7. The van der Waals surface area contributed by atoms with Crippen LogP contribution >= 0.6 is 0 Å². The van der Waals surface area contributed by atoms with Crippen LogP contribution in [0.3, 0.4) is 0 Å². The van der Waals surface area contributed by atoms with E-state index < -0.39 is 5.97 Å². The highest BCUT2D eigenvalue weighted by Crippen LogP contribution is 2.50. The van der Waals surface area contributed by atoms with Crippen molar-refractivity contribution in [2.75, 3.05) is 28.4 Å². The number of carbonyl (C=O) groups is 1. The molecule has 0 aliphatic carbocycles. The highest BCUT2D eigenvalue weighted by atomic mass is 16.9. The molecule has 0 radical (unpaired) electrons.